The molecule has 4 nitrogen and oxygen atoms in total. The Morgan fingerprint density at radius 1 is 1.78 bits per heavy atom. The molecule has 0 saturated carbocycles. The van der Waals surface area contributed by atoms with Gasteiger partial charge in [0.15, 0.2) is 0 Å². The quantitative estimate of drug-likeness (QED) is 0.521. The van der Waals surface area contributed by atoms with Crippen LogP contribution in [0.5, 0.6) is 0 Å². The number of aliphatic hydroxyl groups is 1. The maximum atomic E-state index is 10.6. The molecular formula is C3H10NO3PS. The Hall–Kier alpha value is 0.460. The van der Waals surface area contributed by atoms with Gasteiger partial charge in [-0.1, -0.05) is 11.4 Å². The number of nitrogens with one attached hydrogen (secondary N) is 1. The van der Waals surface area contributed by atoms with Gasteiger partial charge in [0.05, 0.1) is 6.61 Å². The zero-order valence-corrected chi connectivity index (χ0v) is 6.78. The molecule has 6 heteroatoms. The summed E-state index contributed by atoms with van der Waals surface area (Å²) in [7, 11) is 0. The molecule has 1 atom stereocenters. The molecule has 0 aliphatic heterocycles. The Kier molecular flexibility index (Phi) is 4.52. The van der Waals surface area contributed by atoms with E-state index in [1.165, 1.54) is 6.26 Å². The van der Waals surface area contributed by atoms with Crippen molar-refractivity contribution >= 4 is 18.1 Å². The molecule has 3 N–H and O–H groups in total. The molecule has 0 aliphatic carbocycles. The highest BCUT2D eigenvalue weighted by Gasteiger charge is 2.12. The van der Waals surface area contributed by atoms with Crippen LogP contribution >= 0.6 is 18.1 Å². The van der Waals surface area contributed by atoms with E-state index in [1.54, 1.807) is 0 Å². The average Bonchev–Trinajstić information content (AvgIpc) is 1.84. The van der Waals surface area contributed by atoms with Gasteiger partial charge in [-0.2, -0.15) is 0 Å². The van der Waals surface area contributed by atoms with Crippen LogP contribution in [0.2, 0.25) is 0 Å². The minimum absolute atomic E-state index is 0.120. The van der Waals surface area contributed by atoms with E-state index in [9.17, 15) is 4.57 Å². The average molecular weight is 171 g/mol. The fraction of sp³-hybridized carbons (Fsp3) is 1.00. The highest BCUT2D eigenvalue weighted by molar-refractivity contribution is 8.55. The second-order valence-electron chi connectivity index (χ2n) is 1.33. The van der Waals surface area contributed by atoms with Crippen LogP contribution in [-0.4, -0.2) is 29.4 Å². The molecule has 0 radical (unpaired) electrons. The molecule has 0 aromatic rings. The summed E-state index contributed by atoms with van der Waals surface area (Å²) in [5, 5.41) is 10.5. The SMILES string of the molecule is CSP(=O)(O)NCCO. The molecule has 0 aromatic carbocycles. The van der Waals surface area contributed by atoms with Crippen LogP contribution in [0.25, 0.3) is 0 Å². The van der Waals surface area contributed by atoms with Crippen LogP contribution in [0.3, 0.4) is 0 Å². The van der Waals surface area contributed by atoms with E-state index in [-0.39, 0.29) is 13.2 Å². The third-order valence-corrected chi connectivity index (χ3v) is 3.66. The second kappa shape index (κ2) is 4.30. The van der Waals surface area contributed by atoms with Gasteiger partial charge in [-0.25, -0.2) is 5.09 Å². The van der Waals surface area contributed by atoms with Crippen molar-refractivity contribution in [1.29, 1.82) is 0 Å². The number of rotatable bonds is 4. The summed E-state index contributed by atoms with van der Waals surface area (Å²) < 4.78 is 10.6. The Bertz CT molecular complexity index is 120. The minimum Gasteiger partial charge on any atom is -0.395 e. The van der Waals surface area contributed by atoms with E-state index in [2.05, 4.69) is 5.09 Å². The molecule has 56 valence electrons. The van der Waals surface area contributed by atoms with Gasteiger partial charge in [0, 0.05) is 6.54 Å². The predicted molar refractivity (Wildman–Crippen MR) is 38.4 cm³/mol. The van der Waals surface area contributed by atoms with Gasteiger partial charge in [0.25, 0.3) is 0 Å². The smallest absolute Gasteiger partial charge is 0.323 e. The lowest BCUT2D eigenvalue weighted by Crippen LogP contribution is -2.12. The van der Waals surface area contributed by atoms with Crippen molar-refractivity contribution in [3.8, 4) is 0 Å². The van der Waals surface area contributed by atoms with Crippen LogP contribution in [0, 0.1) is 0 Å². The largest absolute Gasteiger partial charge is 0.395 e. The first kappa shape index (κ1) is 9.46. The van der Waals surface area contributed by atoms with Crippen molar-refractivity contribution in [2.75, 3.05) is 19.4 Å². The van der Waals surface area contributed by atoms with Crippen molar-refractivity contribution in [1.82, 2.24) is 5.09 Å². The molecule has 0 heterocycles. The van der Waals surface area contributed by atoms with E-state index in [0.29, 0.717) is 0 Å². The zero-order chi connectivity index (χ0) is 7.33. The fourth-order valence-electron chi connectivity index (χ4n) is 0.256. The van der Waals surface area contributed by atoms with Gasteiger partial charge in [-0.15, -0.1) is 0 Å². The molecule has 0 spiro atoms. The standard InChI is InChI=1S/C3H10NO3PS/c1-9-8(6,7)4-2-3-5/h5H,2-3H2,1H3,(H2,4,6,7). The van der Waals surface area contributed by atoms with Gasteiger partial charge in [-0.3, -0.25) is 4.57 Å². The first-order valence-electron chi connectivity index (χ1n) is 2.37. The highest BCUT2D eigenvalue weighted by Crippen LogP contribution is 2.47. The van der Waals surface area contributed by atoms with Crippen LogP contribution in [0.4, 0.5) is 0 Å². The second-order valence-corrected chi connectivity index (χ2v) is 5.64. The number of hydrogen-bond donors (Lipinski definition) is 3. The lowest BCUT2D eigenvalue weighted by atomic mass is 10.8. The van der Waals surface area contributed by atoms with Crippen LogP contribution in [-0.2, 0) is 4.57 Å². The Morgan fingerprint density at radius 3 is 2.67 bits per heavy atom. The fourth-order valence-corrected chi connectivity index (χ4v) is 1.43. The summed E-state index contributed by atoms with van der Waals surface area (Å²) in [6.45, 7) is -3.14. The lowest BCUT2D eigenvalue weighted by molar-refractivity contribution is 0.299. The topological polar surface area (TPSA) is 69.6 Å². The third kappa shape index (κ3) is 4.93. The normalized spacial score (nSPS) is 17.2. The van der Waals surface area contributed by atoms with Crippen LogP contribution in [0.15, 0.2) is 0 Å². The van der Waals surface area contributed by atoms with Gasteiger partial charge in [0.1, 0.15) is 0 Å². The van der Waals surface area contributed by atoms with Gasteiger partial charge >= 0.3 is 6.72 Å². The summed E-state index contributed by atoms with van der Waals surface area (Å²) in [5.41, 5.74) is 0. The summed E-state index contributed by atoms with van der Waals surface area (Å²) in [6.07, 6.45) is 1.53. The van der Waals surface area contributed by atoms with E-state index >= 15 is 0 Å². The third-order valence-electron chi connectivity index (χ3n) is 0.671. The van der Waals surface area contributed by atoms with Crippen molar-refractivity contribution in [2.24, 2.45) is 0 Å². The van der Waals surface area contributed by atoms with E-state index in [4.69, 9.17) is 10.00 Å². The Labute approximate surface area is 57.9 Å². The summed E-state index contributed by atoms with van der Waals surface area (Å²) >= 11 is 0.856. The van der Waals surface area contributed by atoms with E-state index < -0.39 is 6.72 Å². The molecule has 0 rings (SSSR count). The molecular weight excluding hydrogens is 161 g/mol. The Balaban J connectivity index is 3.46. The van der Waals surface area contributed by atoms with Gasteiger partial charge in [0.2, 0.25) is 0 Å². The Morgan fingerprint density at radius 2 is 2.33 bits per heavy atom. The summed E-state index contributed by atoms with van der Waals surface area (Å²) in [6, 6.07) is 0. The molecule has 0 amide bonds. The maximum absolute atomic E-state index is 10.6. The van der Waals surface area contributed by atoms with E-state index in [0.717, 1.165) is 11.4 Å². The molecule has 1 unspecified atom stereocenters. The van der Waals surface area contributed by atoms with Crippen molar-refractivity contribution < 1.29 is 14.6 Å². The van der Waals surface area contributed by atoms with Crippen molar-refractivity contribution in [2.45, 2.75) is 0 Å². The summed E-state index contributed by atoms with van der Waals surface area (Å²) in [4.78, 5) is 8.75. The molecule has 0 saturated heterocycles. The number of hydrogen-bond acceptors (Lipinski definition) is 3. The van der Waals surface area contributed by atoms with Crippen LogP contribution < -0.4 is 5.09 Å². The number of aliphatic hydroxyl groups excluding tert-OH is 1. The van der Waals surface area contributed by atoms with Gasteiger partial charge in [-0.05, 0) is 6.26 Å². The monoisotopic (exact) mass is 171 g/mol. The molecule has 0 aromatic heterocycles. The van der Waals surface area contributed by atoms with Crippen molar-refractivity contribution in [3.05, 3.63) is 0 Å². The van der Waals surface area contributed by atoms with E-state index in [1.807, 2.05) is 0 Å². The molecule has 0 aliphatic rings. The first-order chi connectivity index (χ1) is 4.12. The van der Waals surface area contributed by atoms with Crippen molar-refractivity contribution in [3.63, 3.8) is 0 Å². The first-order valence-corrected chi connectivity index (χ1v) is 5.86. The lowest BCUT2D eigenvalue weighted by Gasteiger charge is -2.06. The maximum Gasteiger partial charge on any atom is 0.323 e. The molecule has 0 bridgehead atoms. The summed E-state index contributed by atoms with van der Waals surface area (Å²) in [5.74, 6) is 0. The van der Waals surface area contributed by atoms with Gasteiger partial charge < -0.3 is 10.00 Å². The zero-order valence-electron chi connectivity index (χ0n) is 5.07. The predicted octanol–water partition coefficient (Wildman–Crippen LogP) is 0.0317. The highest BCUT2D eigenvalue weighted by atomic mass is 32.7. The molecule has 9 heavy (non-hydrogen) atoms. The minimum atomic E-state index is -3.18. The molecule has 0 fully saturated rings. The van der Waals surface area contributed by atoms with Crippen LogP contribution in [0.1, 0.15) is 0 Å².